The Hall–Kier alpha value is -1.98. The molecule has 5 nitrogen and oxygen atoms in total. The molecule has 1 aromatic carbocycles. The van der Waals surface area contributed by atoms with E-state index in [1.54, 1.807) is 26.7 Å². The van der Waals surface area contributed by atoms with Crippen LogP contribution in [0.1, 0.15) is 11.1 Å². The number of hydrazine groups is 1. The second-order valence-electron chi connectivity index (χ2n) is 4.59. The zero-order valence-corrected chi connectivity index (χ0v) is 11.8. The molecular weight excluding hydrogens is 256 g/mol. The van der Waals surface area contributed by atoms with E-state index >= 15 is 0 Å². The van der Waals surface area contributed by atoms with Crippen LogP contribution < -0.4 is 20.7 Å². The monoisotopic (exact) mass is 276 g/mol. The molecule has 0 amide bonds. The first-order valence-electron chi connectivity index (χ1n) is 6.45. The van der Waals surface area contributed by atoms with Crippen molar-refractivity contribution in [3.8, 4) is 11.5 Å². The normalized spacial score (nSPS) is 12.2. The van der Waals surface area contributed by atoms with Crippen molar-refractivity contribution in [3.63, 3.8) is 0 Å². The third-order valence-electron chi connectivity index (χ3n) is 3.23. The van der Waals surface area contributed by atoms with Gasteiger partial charge in [0.25, 0.3) is 0 Å². The summed E-state index contributed by atoms with van der Waals surface area (Å²) in [7, 11) is 3.26. The Kier molecular flexibility index (Phi) is 5.03. The summed E-state index contributed by atoms with van der Waals surface area (Å²) in [5.41, 5.74) is 5.09. The molecule has 5 heteroatoms. The highest BCUT2D eigenvalue weighted by atomic mass is 16.5. The SMILES string of the molecule is COc1ccc(CC(Cc2ccoc2)NN)cc1OC. The fourth-order valence-electron chi connectivity index (χ4n) is 2.18. The molecule has 0 fully saturated rings. The second-order valence-corrected chi connectivity index (χ2v) is 4.59. The van der Waals surface area contributed by atoms with Crippen molar-refractivity contribution in [1.29, 1.82) is 0 Å². The van der Waals surface area contributed by atoms with Gasteiger partial charge in [-0.2, -0.15) is 0 Å². The van der Waals surface area contributed by atoms with Gasteiger partial charge in [-0.1, -0.05) is 6.07 Å². The van der Waals surface area contributed by atoms with E-state index in [1.807, 2.05) is 24.3 Å². The molecule has 0 aliphatic rings. The fourth-order valence-corrected chi connectivity index (χ4v) is 2.18. The topological polar surface area (TPSA) is 69.7 Å². The van der Waals surface area contributed by atoms with Gasteiger partial charge in [0, 0.05) is 6.04 Å². The van der Waals surface area contributed by atoms with E-state index in [2.05, 4.69) is 5.43 Å². The van der Waals surface area contributed by atoms with Crippen LogP contribution in [0.15, 0.2) is 41.2 Å². The Morgan fingerprint density at radius 1 is 1.10 bits per heavy atom. The minimum Gasteiger partial charge on any atom is -0.493 e. The van der Waals surface area contributed by atoms with Gasteiger partial charge in [0.1, 0.15) is 0 Å². The average molecular weight is 276 g/mol. The molecule has 20 heavy (non-hydrogen) atoms. The minimum atomic E-state index is 0.130. The Morgan fingerprint density at radius 3 is 2.45 bits per heavy atom. The maximum Gasteiger partial charge on any atom is 0.160 e. The Balaban J connectivity index is 2.07. The van der Waals surface area contributed by atoms with Gasteiger partial charge in [0.15, 0.2) is 11.5 Å². The predicted octanol–water partition coefficient (Wildman–Crippen LogP) is 1.91. The highest BCUT2D eigenvalue weighted by molar-refractivity contribution is 5.43. The highest BCUT2D eigenvalue weighted by Crippen LogP contribution is 2.28. The maximum atomic E-state index is 5.63. The van der Waals surface area contributed by atoms with Gasteiger partial charge in [0.05, 0.1) is 26.7 Å². The Morgan fingerprint density at radius 2 is 1.85 bits per heavy atom. The number of hydrogen-bond acceptors (Lipinski definition) is 5. The molecule has 1 atom stereocenters. The van der Waals surface area contributed by atoms with Gasteiger partial charge < -0.3 is 13.9 Å². The lowest BCUT2D eigenvalue weighted by atomic mass is 10.0. The van der Waals surface area contributed by atoms with Crippen molar-refractivity contribution in [2.75, 3.05) is 14.2 Å². The first kappa shape index (κ1) is 14.4. The second kappa shape index (κ2) is 6.98. The molecule has 0 radical (unpaired) electrons. The van der Waals surface area contributed by atoms with E-state index in [0.717, 1.165) is 35.5 Å². The molecule has 0 aliphatic carbocycles. The molecule has 3 N–H and O–H groups in total. The van der Waals surface area contributed by atoms with Crippen LogP contribution in [0.5, 0.6) is 11.5 Å². The number of hydrogen-bond donors (Lipinski definition) is 2. The molecule has 2 rings (SSSR count). The molecule has 0 bridgehead atoms. The van der Waals surface area contributed by atoms with Crippen molar-refractivity contribution in [2.45, 2.75) is 18.9 Å². The van der Waals surface area contributed by atoms with Gasteiger partial charge in [-0.05, 0) is 42.2 Å². The summed E-state index contributed by atoms with van der Waals surface area (Å²) in [5, 5.41) is 0. The summed E-state index contributed by atoms with van der Waals surface area (Å²) in [4.78, 5) is 0. The van der Waals surface area contributed by atoms with E-state index in [-0.39, 0.29) is 6.04 Å². The lowest BCUT2D eigenvalue weighted by Crippen LogP contribution is -2.38. The standard InChI is InChI=1S/C15H20N2O3/c1-18-14-4-3-11(9-15(14)19-2)7-13(17-16)8-12-5-6-20-10-12/h3-6,9-10,13,17H,7-8,16H2,1-2H3. The molecule has 0 aliphatic heterocycles. The smallest absolute Gasteiger partial charge is 0.160 e. The number of ether oxygens (including phenoxy) is 2. The summed E-state index contributed by atoms with van der Waals surface area (Å²) >= 11 is 0. The van der Waals surface area contributed by atoms with Gasteiger partial charge in [-0.25, -0.2) is 0 Å². The zero-order chi connectivity index (χ0) is 14.4. The van der Waals surface area contributed by atoms with Crippen LogP contribution in [0.3, 0.4) is 0 Å². The summed E-state index contributed by atoms with van der Waals surface area (Å²) < 4.78 is 15.6. The van der Waals surface area contributed by atoms with E-state index in [4.69, 9.17) is 19.7 Å². The maximum absolute atomic E-state index is 5.63. The third kappa shape index (κ3) is 3.53. The van der Waals surface area contributed by atoms with Crippen molar-refractivity contribution in [3.05, 3.63) is 47.9 Å². The lowest BCUT2D eigenvalue weighted by molar-refractivity contribution is 0.354. The summed E-state index contributed by atoms with van der Waals surface area (Å²) in [5.74, 6) is 7.08. The van der Waals surface area contributed by atoms with Crippen molar-refractivity contribution in [1.82, 2.24) is 5.43 Å². The summed E-state index contributed by atoms with van der Waals surface area (Å²) in [6.45, 7) is 0. The first-order valence-corrected chi connectivity index (χ1v) is 6.45. The summed E-state index contributed by atoms with van der Waals surface area (Å²) in [6.07, 6.45) is 5.00. The van der Waals surface area contributed by atoms with Crippen LogP contribution in [0.25, 0.3) is 0 Å². The van der Waals surface area contributed by atoms with Crippen LogP contribution in [-0.4, -0.2) is 20.3 Å². The molecule has 1 heterocycles. The largest absolute Gasteiger partial charge is 0.493 e. The van der Waals surface area contributed by atoms with E-state index in [0.29, 0.717) is 0 Å². The number of benzene rings is 1. The first-order chi connectivity index (χ1) is 9.76. The minimum absolute atomic E-state index is 0.130. The molecular formula is C15H20N2O3. The van der Waals surface area contributed by atoms with Gasteiger partial charge in [-0.3, -0.25) is 11.3 Å². The number of rotatable bonds is 7. The van der Waals surface area contributed by atoms with Gasteiger partial charge in [-0.15, -0.1) is 0 Å². The molecule has 2 aromatic rings. The Labute approximate surface area is 118 Å². The van der Waals surface area contributed by atoms with E-state index in [1.165, 1.54) is 0 Å². The summed E-state index contributed by atoms with van der Waals surface area (Å²) in [6, 6.07) is 7.96. The number of methoxy groups -OCH3 is 2. The molecule has 1 aromatic heterocycles. The van der Waals surface area contributed by atoms with Crippen LogP contribution in [0.4, 0.5) is 0 Å². The molecule has 0 saturated heterocycles. The van der Waals surface area contributed by atoms with Gasteiger partial charge in [0.2, 0.25) is 0 Å². The molecule has 0 spiro atoms. The van der Waals surface area contributed by atoms with Gasteiger partial charge >= 0.3 is 0 Å². The average Bonchev–Trinajstić information content (AvgIpc) is 2.99. The van der Waals surface area contributed by atoms with Crippen molar-refractivity contribution in [2.24, 2.45) is 5.84 Å². The third-order valence-corrected chi connectivity index (χ3v) is 3.23. The van der Waals surface area contributed by atoms with Crippen LogP contribution in [0.2, 0.25) is 0 Å². The highest BCUT2D eigenvalue weighted by Gasteiger charge is 2.12. The number of furan rings is 1. The lowest BCUT2D eigenvalue weighted by Gasteiger charge is -2.16. The van der Waals surface area contributed by atoms with Crippen LogP contribution >= 0.6 is 0 Å². The van der Waals surface area contributed by atoms with Crippen molar-refractivity contribution < 1.29 is 13.9 Å². The number of nitrogens with one attached hydrogen (secondary N) is 1. The van der Waals surface area contributed by atoms with Crippen molar-refractivity contribution >= 4 is 0 Å². The molecule has 0 saturated carbocycles. The van der Waals surface area contributed by atoms with Crippen LogP contribution in [0, 0.1) is 0 Å². The molecule has 1 unspecified atom stereocenters. The quantitative estimate of drug-likeness (QED) is 0.597. The Bertz CT molecular complexity index is 526. The predicted molar refractivity (Wildman–Crippen MR) is 76.8 cm³/mol. The van der Waals surface area contributed by atoms with E-state index < -0.39 is 0 Å². The fraction of sp³-hybridized carbons (Fsp3) is 0.333. The number of nitrogens with two attached hydrogens (primary N) is 1. The molecule has 108 valence electrons. The van der Waals surface area contributed by atoms with Crippen LogP contribution in [-0.2, 0) is 12.8 Å². The van der Waals surface area contributed by atoms with E-state index in [9.17, 15) is 0 Å². The zero-order valence-electron chi connectivity index (χ0n) is 11.8.